The van der Waals surface area contributed by atoms with Gasteiger partial charge in [-0.05, 0) is 12.1 Å². The van der Waals surface area contributed by atoms with E-state index in [0.29, 0.717) is 4.47 Å². The fourth-order valence-corrected chi connectivity index (χ4v) is 1.51. The number of alkyl halides is 3. The fraction of sp³-hybridized carbons (Fsp3) is 0.167. The van der Waals surface area contributed by atoms with Gasteiger partial charge in [-0.25, -0.2) is 0 Å². The minimum absolute atomic E-state index is 0.0525. The summed E-state index contributed by atoms with van der Waals surface area (Å²) in [5.41, 5.74) is -0.845. The Morgan fingerprint density at radius 3 is 2.33 bits per heavy atom. The molecule has 1 rings (SSSR count). The van der Waals surface area contributed by atoms with Crippen LogP contribution in [0, 0.1) is 4.64 Å². The third-order valence-electron chi connectivity index (χ3n) is 1.11. The van der Waals surface area contributed by atoms with Gasteiger partial charge in [0.05, 0.1) is 0 Å². The molecule has 0 aromatic carbocycles. The van der Waals surface area contributed by atoms with Crippen molar-refractivity contribution in [3.05, 3.63) is 26.9 Å². The van der Waals surface area contributed by atoms with Crippen LogP contribution in [0.2, 0.25) is 0 Å². The number of rotatable bonds is 0. The molecule has 0 unspecified atom stereocenters. The number of H-pyrrole nitrogens is 1. The zero-order valence-corrected chi connectivity index (χ0v) is 7.98. The van der Waals surface area contributed by atoms with E-state index < -0.39 is 11.9 Å². The quantitative estimate of drug-likeness (QED) is 0.704. The molecule has 0 aliphatic rings. The Hall–Kier alpha value is -0.360. The lowest BCUT2D eigenvalue weighted by molar-refractivity contribution is -0.141. The van der Waals surface area contributed by atoms with Gasteiger partial charge < -0.3 is 4.98 Å². The van der Waals surface area contributed by atoms with Crippen molar-refractivity contribution in [2.24, 2.45) is 0 Å². The van der Waals surface area contributed by atoms with Crippen LogP contribution in [0.25, 0.3) is 0 Å². The first-order valence-electron chi connectivity index (χ1n) is 2.86. The second-order valence-electron chi connectivity index (χ2n) is 2.07. The molecule has 1 aromatic heterocycles. The van der Waals surface area contributed by atoms with Gasteiger partial charge >= 0.3 is 6.18 Å². The summed E-state index contributed by atoms with van der Waals surface area (Å²) in [5, 5.41) is 0. The van der Waals surface area contributed by atoms with Crippen LogP contribution in [0.5, 0.6) is 0 Å². The molecule has 6 heteroatoms. The lowest BCUT2D eigenvalue weighted by atomic mass is 10.3. The predicted octanol–water partition coefficient (Wildman–Crippen LogP) is 3.53. The first kappa shape index (κ1) is 9.73. The van der Waals surface area contributed by atoms with Crippen molar-refractivity contribution in [3.8, 4) is 0 Å². The maximum absolute atomic E-state index is 12.0. The molecule has 0 bridgehead atoms. The van der Waals surface area contributed by atoms with Crippen LogP contribution in [0.15, 0.2) is 16.6 Å². The molecule has 1 aromatic rings. The van der Waals surface area contributed by atoms with Crippen molar-refractivity contribution in [2.75, 3.05) is 0 Å². The van der Waals surface area contributed by atoms with E-state index in [4.69, 9.17) is 0 Å². The maximum atomic E-state index is 12.0. The smallest absolute Gasteiger partial charge is 0.343 e. The molecule has 0 radical (unpaired) electrons. The summed E-state index contributed by atoms with van der Waals surface area (Å²) in [6.45, 7) is 0. The number of pyridine rings is 1. The number of hydrogen-bond acceptors (Lipinski definition) is 1. The van der Waals surface area contributed by atoms with Crippen LogP contribution in [0.3, 0.4) is 0 Å². The van der Waals surface area contributed by atoms with E-state index in [9.17, 15) is 13.2 Å². The number of hydrogen-bond donors (Lipinski definition) is 1. The number of aromatic nitrogens is 1. The summed E-state index contributed by atoms with van der Waals surface area (Å²) >= 11 is 7.49. The van der Waals surface area contributed by atoms with Crippen molar-refractivity contribution < 1.29 is 13.2 Å². The molecular weight excluding hydrogens is 255 g/mol. The van der Waals surface area contributed by atoms with Crippen molar-refractivity contribution in [2.45, 2.75) is 6.18 Å². The standard InChI is InChI=1S/C6H3BrF3NS/c7-3-1-4(6(8,9)10)11-5(12)2-3/h1-2H,(H,11,12). The Morgan fingerprint density at radius 2 is 1.92 bits per heavy atom. The summed E-state index contributed by atoms with van der Waals surface area (Å²) < 4.78 is 36.5. The highest BCUT2D eigenvalue weighted by Crippen LogP contribution is 2.28. The summed E-state index contributed by atoms with van der Waals surface area (Å²) in [7, 11) is 0. The van der Waals surface area contributed by atoms with E-state index in [1.807, 2.05) is 4.98 Å². The molecule has 1 nitrogen and oxygen atoms in total. The molecule has 1 heterocycles. The molecule has 0 aliphatic heterocycles. The van der Waals surface area contributed by atoms with Crippen LogP contribution in [-0.4, -0.2) is 4.98 Å². The van der Waals surface area contributed by atoms with E-state index in [-0.39, 0.29) is 4.64 Å². The van der Waals surface area contributed by atoms with Gasteiger partial charge in [0.1, 0.15) is 10.3 Å². The van der Waals surface area contributed by atoms with Crippen molar-refractivity contribution in [1.29, 1.82) is 0 Å². The molecule has 0 amide bonds. The Labute approximate surface area is 79.7 Å². The molecule has 0 aliphatic carbocycles. The zero-order valence-electron chi connectivity index (χ0n) is 5.57. The van der Waals surface area contributed by atoms with Crippen LogP contribution in [0.4, 0.5) is 13.2 Å². The number of aromatic amines is 1. The first-order valence-corrected chi connectivity index (χ1v) is 4.07. The van der Waals surface area contributed by atoms with Crippen molar-refractivity contribution >= 4 is 28.1 Å². The summed E-state index contributed by atoms with van der Waals surface area (Å²) in [5.74, 6) is 0. The second-order valence-corrected chi connectivity index (χ2v) is 3.43. The molecule has 12 heavy (non-hydrogen) atoms. The highest BCUT2D eigenvalue weighted by atomic mass is 79.9. The fourth-order valence-electron chi connectivity index (χ4n) is 0.662. The van der Waals surface area contributed by atoms with Gasteiger partial charge in [-0.3, -0.25) is 0 Å². The third kappa shape index (κ3) is 2.31. The van der Waals surface area contributed by atoms with E-state index in [0.717, 1.165) is 6.07 Å². The van der Waals surface area contributed by atoms with Crippen molar-refractivity contribution in [3.63, 3.8) is 0 Å². The minimum Gasteiger partial charge on any atom is -0.343 e. The monoisotopic (exact) mass is 257 g/mol. The van der Waals surface area contributed by atoms with E-state index in [1.54, 1.807) is 0 Å². The van der Waals surface area contributed by atoms with Gasteiger partial charge in [-0.2, -0.15) is 13.2 Å². The SMILES string of the molecule is FC(F)(F)c1cc(Br)cc(=S)[nH]1. The highest BCUT2D eigenvalue weighted by Gasteiger charge is 2.31. The Balaban J connectivity index is 3.27. The first-order chi connectivity index (χ1) is 5.39. The van der Waals surface area contributed by atoms with Crippen LogP contribution in [-0.2, 0) is 6.18 Å². The van der Waals surface area contributed by atoms with Gasteiger partial charge in [0.2, 0.25) is 0 Å². The molecule has 0 fully saturated rings. The van der Waals surface area contributed by atoms with Crippen LogP contribution >= 0.6 is 28.1 Å². The molecule has 0 atom stereocenters. The predicted molar refractivity (Wildman–Crippen MR) is 44.3 cm³/mol. The lowest BCUT2D eigenvalue weighted by Gasteiger charge is -2.05. The van der Waals surface area contributed by atoms with Crippen molar-refractivity contribution in [1.82, 2.24) is 4.98 Å². The zero-order chi connectivity index (χ0) is 9.35. The second kappa shape index (κ2) is 3.18. The summed E-state index contributed by atoms with van der Waals surface area (Å²) in [6, 6.07) is 2.33. The van der Waals surface area contributed by atoms with Gasteiger partial charge in [-0.15, -0.1) is 0 Å². The average Bonchev–Trinajstić information content (AvgIpc) is 1.82. The Bertz CT molecular complexity index is 343. The Morgan fingerprint density at radius 1 is 1.33 bits per heavy atom. The normalized spacial score (nSPS) is 11.7. The molecule has 66 valence electrons. The third-order valence-corrected chi connectivity index (χ3v) is 1.79. The average molecular weight is 258 g/mol. The van der Waals surface area contributed by atoms with Gasteiger partial charge in [0, 0.05) is 4.47 Å². The number of halogens is 4. The minimum atomic E-state index is -4.38. The highest BCUT2D eigenvalue weighted by molar-refractivity contribution is 9.10. The van der Waals surface area contributed by atoms with Gasteiger partial charge in [0.25, 0.3) is 0 Å². The van der Waals surface area contributed by atoms with Gasteiger partial charge in [0.15, 0.2) is 0 Å². The molecule has 0 spiro atoms. The van der Waals surface area contributed by atoms with Gasteiger partial charge in [-0.1, -0.05) is 28.1 Å². The Kier molecular flexibility index (Phi) is 2.58. The molecular formula is C6H3BrF3NS. The van der Waals surface area contributed by atoms with E-state index in [2.05, 4.69) is 28.1 Å². The topological polar surface area (TPSA) is 15.8 Å². The molecule has 0 saturated carbocycles. The largest absolute Gasteiger partial charge is 0.431 e. The molecule has 1 N–H and O–H groups in total. The number of nitrogens with one attached hydrogen (secondary N) is 1. The lowest BCUT2D eigenvalue weighted by Crippen LogP contribution is -2.07. The molecule has 0 saturated heterocycles. The van der Waals surface area contributed by atoms with Crippen LogP contribution in [0.1, 0.15) is 5.69 Å². The van der Waals surface area contributed by atoms with E-state index >= 15 is 0 Å². The van der Waals surface area contributed by atoms with Crippen LogP contribution < -0.4 is 0 Å². The maximum Gasteiger partial charge on any atom is 0.431 e. The van der Waals surface area contributed by atoms with E-state index in [1.165, 1.54) is 6.07 Å². The summed E-state index contributed by atoms with van der Waals surface area (Å²) in [6.07, 6.45) is -4.38. The summed E-state index contributed by atoms with van der Waals surface area (Å²) in [4.78, 5) is 2.05.